The maximum Gasteiger partial charge on any atom is 0.314 e. The number of aromatic nitrogens is 2. The quantitative estimate of drug-likeness (QED) is 0.532. The van der Waals surface area contributed by atoms with Crippen LogP contribution >= 0.6 is 0 Å². The summed E-state index contributed by atoms with van der Waals surface area (Å²) in [4.78, 5) is 40.0. The van der Waals surface area contributed by atoms with E-state index in [4.69, 9.17) is 0 Å². The molecule has 3 rings (SSSR count). The first-order valence-electron chi connectivity index (χ1n) is 7.76. The van der Waals surface area contributed by atoms with Gasteiger partial charge >= 0.3 is 11.1 Å². The van der Waals surface area contributed by atoms with Gasteiger partial charge in [0.25, 0.3) is 5.91 Å². The van der Waals surface area contributed by atoms with E-state index >= 15 is 0 Å². The molecule has 0 fully saturated rings. The monoisotopic (exact) mass is 339 g/mol. The smallest absolute Gasteiger partial charge is 0.314 e. The number of nitrogens with one attached hydrogen (secondary N) is 3. The molecule has 2 unspecified atom stereocenters. The largest absolute Gasteiger partial charge is 0.386 e. The van der Waals surface area contributed by atoms with Crippen LogP contribution < -0.4 is 16.4 Å². The Kier molecular flexibility index (Phi) is 4.49. The van der Waals surface area contributed by atoms with Gasteiger partial charge in [-0.3, -0.25) is 14.4 Å². The van der Waals surface area contributed by atoms with Crippen LogP contribution in [0, 0.1) is 0 Å². The number of carbonyl (C=O) groups is 1. The molecule has 0 aliphatic rings. The minimum Gasteiger partial charge on any atom is -0.386 e. The van der Waals surface area contributed by atoms with E-state index in [1.165, 1.54) is 12.1 Å². The number of fused-ring (bicyclic) bond motifs is 1. The Labute approximate surface area is 142 Å². The topological polar surface area (TPSA) is 115 Å². The first-order chi connectivity index (χ1) is 12.0. The van der Waals surface area contributed by atoms with E-state index < -0.39 is 29.2 Å². The highest BCUT2D eigenvalue weighted by Gasteiger charge is 2.19. The van der Waals surface area contributed by atoms with Crippen molar-refractivity contribution < 1.29 is 9.90 Å². The summed E-state index contributed by atoms with van der Waals surface area (Å²) in [6, 6.07) is 13.1. The Bertz CT molecular complexity index is 1020. The molecular weight excluding hydrogens is 322 g/mol. The fourth-order valence-electron chi connectivity index (χ4n) is 2.56. The average Bonchev–Trinajstić information content (AvgIpc) is 2.62. The number of benzene rings is 2. The molecule has 128 valence electrons. The number of amides is 1. The molecule has 7 nitrogen and oxygen atoms in total. The SMILES string of the molecule is CC(NC(=O)c1ccc2[nH]c(=O)c(=O)[nH]c2c1)C(O)c1ccccc1. The van der Waals surface area contributed by atoms with Crippen molar-refractivity contribution in [3.05, 3.63) is 80.4 Å². The van der Waals surface area contributed by atoms with Crippen LogP contribution in [0.1, 0.15) is 28.9 Å². The second-order valence-electron chi connectivity index (χ2n) is 5.79. The lowest BCUT2D eigenvalue weighted by Crippen LogP contribution is -2.37. The molecule has 0 bridgehead atoms. The van der Waals surface area contributed by atoms with E-state index in [0.717, 1.165) is 0 Å². The Morgan fingerprint density at radius 1 is 1.00 bits per heavy atom. The van der Waals surface area contributed by atoms with Crippen molar-refractivity contribution in [1.82, 2.24) is 15.3 Å². The number of aromatic amines is 2. The van der Waals surface area contributed by atoms with E-state index in [-0.39, 0.29) is 0 Å². The van der Waals surface area contributed by atoms with Gasteiger partial charge in [-0.2, -0.15) is 0 Å². The average molecular weight is 339 g/mol. The van der Waals surface area contributed by atoms with Gasteiger partial charge in [0.15, 0.2) is 0 Å². The molecule has 2 atom stereocenters. The first-order valence-corrected chi connectivity index (χ1v) is 7.76. The molecule has 1 amide bonds. The Balaban J connectivity index is 1.81. The lowest BCUT2D eigenvalue weighted by Gasteiger charge is -2.20. The van der Waals surface area contributed by atoms with E-state index in [1.807, 2.05) is 18.2 Å². The van der Waals surface area contributed by atoms with Gasteiger partial charge in [-0.05, 0) is 30.7 Å². The minimum atomic E-state index is -0.846. The lowest BCUT2D eigenvalue weighted by atomic mass is 10.0. The summed E-state index contributed by atoms with van der Waals surface area (Å²) >= 11 is 0. The number of carbonyl (C=O) groups excluding carboxylic acids is 1. The molecule has 3 aromatic rings. The van der Waals surface area contributed by atoms with Gasteiger partial charge in [0.05, 0.1) is 23.2 Å². The van der Waals surface area contributed by atoms with Crippen molar-refractivity contribution in [3.8, 4) is 0 Å². The summed E-state index contributed by atoms with van der Waals surface area (Å²) in [5.74, 6) is -0.392. The van der Waals surface area contributed by atoms with Crippen LogP contribution in [0.2, 0.25) is 0 Å². The molecule has 0 aliphatic heterocycles. The number of H-pyrrole nitrogens is 2. The van der Waals surface area contributed by atoms with Gasteiger partial charge in [0, 0.05) is 5.56 Å². The molecule has 0 radical (unpaired) electrons. The van der Waals surface area contributed by atoms with Crippen LogP contribution in [-0.4, -0.2) is 27.0 Å². The molecule has 1 aromatic heterocycles. The zero-order valence-electron chi connectivity index (χ0n) is 13.4. The Morgan fingerprint density at radius 2 is 1.64 bits per heavy atom. The zero-order valence-corrected chi connectivity index (χ0v) is 13.4. The van der Waals surface area contributed by atoms with Gasteiger partial charge in [0.1, 0.15) is 0 Å². The number of rotatable bonds is 4. The second kappa shape index (κ2) is 6.74. The van der Waals surface area contributed by atoms with Gasteiger partial charge in [-0.1, -0.05) is 30.3 Å². The van der Waals surface area contributed by atoms with Crippen LogP contribution in [0.3, 0.4) is 0 Å². The zero-order chi connectivity index (χ0) is 18.0. The van der Waals surface area contributed by atoms with E-state index in [1.54, 1.807) is 25.1 Å². The lowest BCUT2D eigenvalue weighted by molar-refractivity contribution is 0.0852. The maximum absolute atomic E-state index is 12.4. The highest BCUT2D eigenvalue weighted by molar-refractivity contribution is 5.97. The third-order valence-corrected chi connectivity index (χ3v) is 3.96. The summed E-state index contributed by atoms with van der Waals surface area (Å²) < 4.78 is 0. The van der Waals surface area contributed by atoms with Crippen molar-refractivity contribution >= 4 is 16.9 Å². The maximum atomic E-state index is 12.4. The van der Waals surface area contributed by atoms with Crippen molar-refractivity contribution in [2.45, 2.75) is 19.1 Å². The summed E-state index contributed by atoms with van der Waals surface area (Å²) in [5, 5.41) is 13.1. The van der Waals surface area contributed by atoms with E-state index in [0.29, 0.717) is 22.2 Å². The summed E-state index contributed by atoms with van der Waals surface area (Å²) in [7, 11) is 0. The highest BCUT2D eigenvalue weighted by atomic mass is 16.3. The van der Waals surface area contributed by atoms with Crippen molar-refractivity contribution in [2.75, 3.05) is 0 Å². The molecule has 0 aliphatic carbocycles. The molecule has 0 saturated carbocycles. The fourth-order valence-corrected chi connectivity index (χ4v) is 2.56. The van der Waals surface area contributed by atoms with E-state index in [9.17, 15) is 19.5 Å². The predicted octanol–water partition coefficient (Wildman–Crippen LogP) is 1.07. The first kappa shape index (κ1) is 16.7. The summed E-state index contributed by atoms with van der Waals surface area (Å²) in [6.07, 6.45) is -0.846. The molecule has 4 N–H and O–H groups in total. The second-order valence-corrected chi connectivity index (χ2v) is 5.79. The molecule has 7 heteroatoms. The highest BCUT2D eigenvalue weighted by Crippen LogP contribution is 2.17. The van der Waals surface area contributed by atoms with Gasteiger partial charge in [-0.25, -0.2) is 0 Å². The standard InChI is InChI=1S/C18H17N3O4/c1-10(15(22)11-5-3-2-4-6-11)19-16(23)12-7-8-13-14(9-12)21-18(25)17(24)20-13/h2-10,15,22H,1H3,(H,19,23)(H,20,24)(H,21,25). The molecular formula is C18H17N3O4. The molecule has 2 aromatic carbocycles. The third-order valence-electron chi connectivity index (χ3n) is 3.96. The van der Waals surface area contributed by atoms with Gasteiger partial charge in [-0.15, -0.1) is 0 Å². The molecule has 0 saturated heterocycles. The number of aliphatic hydroxyl groups excluding tert-OH is 1. The minimum absolute atomic E-state index is 0.308. The third kappa shape index (κ3) is 3.51. The molecule has 1 heterocycles. The summed E-state index contributed by atoms with van der Waals surface area (Å²) in [6.45, 7) is 1.70. The molecule has 0 spiro atoms. The Morgan fingerprint density at radius 3 is 2.32 bits per heavy atom. The molecule has 25 heavy (non-hydrogen) atoms. The van der Waals surface area contributed by atoms with Gasteiger partial charge < -0.3 is 20.4 Å². The number of hydrogen-bond donors (Lipinski definition) is 4. The summed E-state index contributed by atoms with van der Waals surface area (Å²) in [5.41, 5.74) is 0.271. The normalized spacial score (nSPS) is 13.4. The van der Waals surface area contributed by atoms with Gasteiger partial charge in [0.2, 0.25) is 0 Å². The fraction of sp³-hybridized carbons (Fsp3) is 0.167. The Hall–Kier alpha value is -3.19. The number of hydrogen-bond acceptors (Lipinski definition) is 4. The van der Waals surface area contributed by atoms with Crippen molar-refractivity contribution in [3.63, 3.8) is 0 Å². The van der Waals surface area contributed by atoms with E-state index in [2.05, 4.69) is 15.3 Å². The van der Waals surface area contributed by atoms with Crippen LogP contribution in [0.5, 0.6) is 0 Å². The van der Waals surface area contributed by atoms with Crippen molar-refractivity contribution in [2.24, 2.45) is 0 Å². The van der Waals surface area contributed by atoms with Crippen LogP contribution in [-0.2, 0) is 0 Å². The van der Waals surface area contributed by atoms with Crippen LogP contribution in [0.25, 0.3) is 11.0 Å². The van der Waals surface area contributed by atoms with Crippen LogP contribution in [0.15, 0.2) is 58.1 Å². The van der Waals surface area contributed by atoms with Crippen LogP contribution in [0.4, 0.5) is 0 Å². The van der Waals surface area contributed by atoms with Crippen molar-refractivity contribution in [1.29, 1.82) is 0 Å². The predicted molar refractivity (Wildman–Crippen MR) is 93.5 cm³/mol. The number of aliphatic hydroxyl groups is 1.